The summed E-state index contributed by atoms with van der Waals surface area (Å²) in [6.07, 6.45) is 3.17. The van der Waals surface area contributed by atoms with E-state index in [4.69, 9.17) is 9.15 Å². The quantitative estimate of drug-likeness (QED) is 0.674. The number of quaternary nitrogens is 2. The molecule has 0 amide bonds. The molecule has 0 radical (unpaired) electrons. The number of aromatic hydroxyl groups is 1. The number of ketones is 1. The molecule has 2 aliphatic heterocycles. The predicted molar refractivity (Wildman–Crippen MR) is 100 cm³/mol. The van der Waals surface area contributed by atoms with Crippen molar-refractivity contribution in [3.8, 4) is 11.5 Å². The van der Waals surface area contributed by atoms with Crippen LogP contribution in [0.4, 0.5) is 0 Å². The lowest BCUT2D eigenvalue weighted by atomic mass is 9.99. The Bertz CT molecular complexity index is 878. The molecule has 6 nitrogen and oxygen atoms in total. The Labute approximate surface area is 158 Å². The molecule has 0 bridgehead atoms. The highest BCUT2D eigenvalue weighted by Crippen LogP contribution is 2.41. The topological polar surface area (TPSA) is 68.6 Å². The van der Waals surface area contributed by atoms with E-state index in [9.17, 15) is 9.90 Å². The molecule has 0 atom stereocenters. The van der Waals surface area contributed by atoms with Crippen LogP contribution in [0.3, 0.4) is 0 Å². The van der Waals surface area contributed by atoms with Crippen LogP contribution in [0.5, 0.6) is 11.5 Å². The molecule has 1 aromatic heterocycles. The highest BCUT2D eigenvalue weighted by atomic mass is 16.5. The van der Waals surface area contributed by atoms with Gasteiger partial charge in [-0.3, -0.25) is 4.79 Å². The Morgan fingerprint density at radius 3 is 2.63 bits per heavy atom. The second-order valence-corrected chi connectivity index (χ2v) is 7.38. The average molecular weight is 370 g/mol. The van der Waals surface area contributed by atoms with Gasteiger partial charge in [0.15, 0.2) is 11.5 Å². The van der Waals surface area contributed by atoms with Crippen LogP contribution in [0.15, 0.2) is 34.6 Å². The molecular weight excluding hydrogens is 344 g/mol. The van der Waals surface area contributed by atoms with Crippen LogP contribution in [0.1, 0.15) is 34.2 Å². The van der Waals surface area contributed by atoms with Crippen LogP contribution in [0, 0.1) is 6.92 Å². The molecule has 4 rings (SSSR count). The van der Waals surface area contributed by atoms with Gasteiger partial charge >= 0.3 is 0 Å². The molecule has 3 heterocycles. The Hall–Kier alpha value is -2.57. The van der Waals surface area contributed by atoms with E-state index < -0.39 is 0 Å². The van der Waals surface area contributed by atoms with Crippen molar-refractivity contribution in [2.45, 2.75) is 20.4 Å². The Kier molecular flexibility index (Phi) is 4.76. The minimum absolute atomic E-state index is 0.157. The fraction of sp³-hybridized carbons (Fsp3) is 0.381. The van der Waals surface area contributed by atoms with Crippen LogP contribution in [-0.2, 0) is 6.54 Å². The summed E-state index contributed by atoms with van der Waals surface area (Å²) in [5, 5.41) is 10.6. The lowest BCUT2D eigenvalue weighted by molar-refractivity contribution is -1.02. The van der Waals surface area contributed by atoms with Crippen molar-refractivity contribution >= 4 is 11.9 Å². The highest BCUT2D eigenvalue weighted by molar-refractivity contribution is 6.15. The third kappa shape index (κ3) is 3.38. The van der Waals surface area contributed by atoms with Crippen LogP contribution in [-0.4, -0.2) is 43.6 Å². The fourth-order valence-corrected chi connectivity index (χ4v) is 3.99. The number of hydrogen-bond acceptors (Lipinski definition) is 4. The minimum atomic E-state index is -0.157. The number of carbonyl (C=O) groups is 1. The van der Waals surface area contributed by atoms with E-state index in [0.717, 1.165) is 43.9 Å². The average Bonchev–Trinajstić information content (AvgIpc) is 3.28. The van der Waals surface area contributed by atoms with Gasteiger partial charge in [-0.15, -0.1) is 0 Å². The largest absolute Gasteiger partial charge is 0.507 e. The summed E-state index contributed by atoms with van der Waals surface area (Å²) in [7, 11) is 0. The van der Waals surface area contributed by atoms with Crippen molar-refractivity contribution in [3.63, 3.8) is 0 Å². The van der Waals surface area contributed by atoms with Crippen molar-refractivity contribution in [3.05, 3.63) is 52.7 Å². The molecule has 0 unspecified atom stereocenters. The predicted octanol–water partition coefficient (Wildman–Crippen LogP) is 0.213. The maximum absolute atomic E-state index is 12.9. The monoisotopic (exact) mass is 370 g/mol. The molecule has 2 aromatic rings. The highest BCUT2D eigenvalue weighted by Gasteiger charge is 2.35. The number of ether oxygens (including phenoxy) is 1. The molecule has 1 aromatic carbocycles. The van der Waals surface area contributed by atoms with Crippen LogP contribution in [0.25, 0.3) is 6.08 Å². The SMILES string of the molecule is CC[NH+]1CC[NH+](Cc2c(O)cc(C)c3c2O/C(=C\c2ccco2)C3=O)CC1. The molecule has 1 saturated heterocycles. The summed E-state index contributed by atoms with van der Waals surface area (Å²) < 4.78 is 11.2. The number of rotatable bonds is 4. The second-order valence-electron chi connectivity index (χ2n) is 7.38. The molecule has 6 heteroatoms. The molecule has 0 saturated carbocycles. The number of phenolic OH excluding ortho intramolecular Hbond substituents is 1. The summed E-state index contributed by atoms with van der Waals surface area (Å²) in [6.45, 7) is 10.2. The van der Waals surface area contributed by atoms with Gasteiger partial charge in [-0.2, -0.15) is 0 Å². The van der Waals surface area contributed by atoms with Gasteiger partial charge in [0.05, 0.1) is 23.9 Å². The summed E-state index contributed by atoms with van der Waals surface area (Å²) in [4.78, 5) is 15.9. The lowest BCUT2D eigenvalue weighted by Gasteiger charge is -2.29. The first-order valence-electron chi connectivity index (χ1n) is 9.57. The zero-order chi connectivity index (χ0) is 19.0. The number of hydrogen-bond donors (Lipinski definition) is 3. The number of allylic oxidation sites excluding steroid dienone is 1. The van der Waals surface area contributed by atoms with E-state index in [2.05, 4.69) is 6.92 Å². The number of phenols is 1. The van der Waals surface area contributed by atoms with Gasteiger partial charge in [-0.25, -0.2) is 0 Å². The molecule has 0 spiro atoms. The molecule has 3 N–H and O–H groups in total. The summed E-state index contributed by atoms with van der Waals surface area (Å²) in [5.41, 5.74) is 2.01. The van der Waals surface area contributed by atoms with Crippen molar-refractivity contribution < 1.29 is 28.9 Å². The Morgan fingerprint density at radius 2 is 1.96 bits per heavy atom. The molecule has 1 fully saturated rings. The zero-order valence-electron chi connectivity index (χ0n) is 15.8. The van der Waals surface area contributed by atoms with Gasteiger partial charge in [0.2, 0.25) is 5.78 Å². The lowest BCUT2D eigenvalue weighted by Crippen LogP contribution is -3.27. The van der Waals surface area contributed by atoms with Gasteiger partial charge in [0, 0.05) is 6.08 Å². The van der Waals surface area contributed by atoms with E-state index in [1.54, 1.807) is 35.4 Å². The van der Waals surface area contributed by atoms with Gasteiger partial charge < -0.3 is 24.1 Å². The fourth-order valence-electron chi connectivity index (χ4n) is 3.99. The maximum Gasteiger partial charge on any atom is 0.232 e. The van der Waals surface area contributed by atoms with Crippen molar-refractivity contribution in [2.24, 2.45) is 0 Å². The minimum Gasteiger partial charge on any atom is -0.507 e. The van der Waals surface area contributed by atoms with E-state index >= 15 is 0 Å². The van der Waals surface area contributed by atoms with E-state index in [1.165, 1.54) is 4.90 Å². The Balaban J connectivity index is 1.63. The van der Waals surface area contributed by atoms with E-state index in [-0.39, 0.29) is 17.3 Å². The number of likely N-dealkylation sites (N-methyl/N-ethyl adjacent to an activating group) is 1. The second kappa shape index (κ2) is 7.21. The van der Waals surface area contributed by atoms with E-state index in [1.807, 2.05) is 6.92 Å². The van der Waals surface area contributed by atoms with Crippen LogP contribution >= 0.6 is 0 Å². The number of nitrogens with one attached hydrogen (secondary N) is 2. The van der Waals surface area contributed by atoms with Gasteiger partial charge in [0.1, 0.15) is 44.2 Å². The summed E-state index contributed by atoms with van der Waals surface area (Å²) in [5.74, 6) is 1.36. The standard InChI is InChI=1S/C21H24N2O4/c1-3-22-6-8-23(9-7-22)13-16-17(24)11-14(2)19-20(25)18(27-21(16)19)12-15-5-4-10-26-15/h4-5,10-12,24H,3,6-9,13H2,1-2H3/p+2/b18-12-. The van der Waals surface area contributed by atoms with Crippen LogP contribution < -0.4 is 14.5 Å². The van der Waals surface area contributed by atoms with Gasteiger partial charge in [0.25, 0.3) is 0 Å². The number of piperazine rings is 1. The molecule has 2 aliphatic rings. The van der Waals surface area contributed by atoms with Crippen molar-refractivity contribution in [2.75, 3.05) is 32.7 Å². The number of fused-ring (bicyclic) bond motifs is 1. The third-order valence-electron chi connectivity index (χ3n) is 5.63. The molecule has 27 heavy (non-hydrogen) atoms. The van der Waals surface area contributed by atoms with Gasteiger partial charge in [-0.05, 0) is 37.6 Å². The third-order valence-corrected chi connectivity index (χ3v) is 5.63. The molecular formula is C21H26N2O4+2. The Morgan fingerprint density at radius 1 is 1.22 bits per heavy atom. The summed E-state index contributed by atoms with van der Waals surface area (Å²) in [6, 6.07) is 5.22. The normalized spacial score (nSPS) is 23.5. The number of furan rings is 1. The number of aryl methyl sites for hydroxylation is 1. The smallest absolute Gasteiger partial charge is 0.232 e. The van der Waals surface area contributed by atoms with Crippen molar-refractivity contribution in [1.29, 1.82) is 0 Å². The van der Waals surface area contributed by atoms with Crippen LogP contribution in [0.2, 0.25) is 0 Å². The number of carbonyl (C=O) groups excluding carboxylic acids is 1. The first kappa shape index (κ1) is 17.8. The molecule has 142 valence electrons. The number of benzene rings is 1. The number of Topliss-reactive ketones (excluding diaryl/α,β-unsaturated/α-hetero) is 1. The molecule has 0 aliphatic carbocycles. The van der Waals surface area contributed by atoms with Gasteiger partial charge in [-0.1, -0.05) is 0 Å². The van der Waals surface area contributed by atoms with Crippen molar-refractivity contribution in [1.82, 2.24) is 0 Å². The maximum atomic E-state index is 12.9. The van der Waals surface area contributed by atoms with E-state index in [0.29, 0.717) is 23.6 Å². The first-order chi connectivity index (χ1) is 13.1. The first-order valence-corrected chi connectivity index (χ1v) is 9.57. The summed E-state index contributed by atoms with van der Waals surface area (Å²) >= 11 is 0. The zero-order valence-corrected chi connectivity index (χ0v) is 15.8.